The minimum absolute atomic E-state index is 0.0839. The van der Waals surface area contributed by atoms with Crippen molar-refractivity contribution in [2.45, 2.75) is 12.8 Å². The third kappa shape index (κ3) is 4.32. The van der Waals surface area contributed by atoms with E-state index in [0.717, 1.165) is 30.5 Å². The Morgan fingerprint density at radius 2 is 1.76 bits per heavy atom. The maximum atomic E-state index is 12.5. The highest BCUT2D eigenvalue weighted by Gasteiger charge is 2.29. The number of ketones is 1. The molecule has 1 atom stereocenters. The first-order valence-corrected chi connectivity index (χ1v) is 9.04. The third-order valence-corrected chi connectivity index (χ3v) is 3.59. The number of ether oxygens (including phenoxy) is 2. The second-order valence-electron chi connectivity index (χ2n) is 5.23. The van der Waals surface area contributed by atoms with Crippen LogP contribution >= 0.6 is 22.6 Å². The predicted octanol–water partition coefficient (Wildman–Crippen LogP) is 3.06. The summed E-state index contributed by atoms with van der Waals surface area (Å²) in [5.74, 6) is 1.62. The van der Waals surface area contributed by atoms with Gasteiger partial charge in [0.2, 0.25) is 0 Å². The van der Waals surface area contributed by atoms with E-state index in [0.29, 0.717) is 11.5 Å². The van der Waals surface area contributed by atoms with Gasteiger partial charge in [-0.05, 0) is 49.6 Å². The highest BCUT2D eigenvalue weighted by Crippen LogP contribution is 2.35. The maximum absolute atomic E-state index is 12.5. The molecule has 0 saturated heterocycles. The summed E-state index contributed by atoms with van der Waals surface area (Å²) in [5.41, 5.74) is 1.86. The van der Waals surface area contributed by atoms with Crippen molar-refractivity contribution in [2.24, 2.45) is 5.92 Å². The number of fused-ring (bicyclic) bond motifs is 1. The lowest BCUT2D eigenvalue weighted by Crippen LogP contribution is -2.31. The lowest BCUT2D eigenvalue weighted by molar-refractivity contribution is 0.0877. The zero-order valence-corrected chi connectivity index (χ0v) is 15.6. The Kier molecular flexibility index (Phi) is 7.45. The lowest BCUT2D eigenvalue weighted by Gasteiger charge is -2.26. The van der Waals surface area contributed by atoms with Gasteiger partial charge < -0.3 is 14.4 Å². The Morgan fingerprint density at radius 1 is 1.19 bits per heavy atom. The van der Waals surface area contributed by atoms with Crippen molar-refractivity contribution in [3.05, 3.63) is 23.3 Å². The number of carbonyl (C=O) groups excluding carboxylic acids is 1. The average molecular weight is 405 g/mol. The number of hydrogen-bond acceptors (Lipinski definition) is 4. The van der Waals surface area contributed by atoms with Crippen LogP contribution in [0.25, 0.3) is 0 Å². The topological polar surface area (TPSA) is 38.8 Å². The Morgan fingerprint density at radius 3 is 2.29 bits per heavy atom. The van der Waals surface area contributed by atoms with Crippen LogP contribution in [0.1, 0.15) is 22.3 Å². The molecule has 0 saturated carbocycles. The number of alkyl halides is 1. The Bertz CT molecular complexity index is 489. The molecule has 118 valence electrons. The maximum Gasteiger partial charge on any atom is 0.167 e. The molecule has 0 spiro atoms. The first kappa shape index (κ1) is 18.2. The molecule has 4 nitrogen and oxygen atoms in total. The van der Waals surface area contributed by atoms with Gasteiger partial charge in [-0.25, -0.2) is 0 Å². The number of hydrogen-bond donors (Lipinski definition) is 0. The molecule has 0 bridgehead atoms. The van der Waals surface area contributed by atoms with Gasteiger partial charge >= 0.3 is 0 Å². The van der Waals surface area contributed by atoms with E-state index in [4.69, 9.17) is 9.47 Å². The Balaban J connectivity index is 0.00000106. The smallest absolute Gasteiger partial charge is 0.167 e. The summed E-state index contributed by atoms with van der Waals surface area (Å²) >= 11 is 2.15. The van der Waals surface area contributed by atoms with Crippen LogP contribution in [0.5, 0.6) is 11.5 Å². The van der Waals surface area contributed by atoms with E-state index in [2.05, 4.69) is 27.5 Å². The van der Waals surface area contributed by atoms with Crippen molar-refractivity contribution in [2.75, 3.05) is 39.8 Å². The molecule has 21 heavy (non-hydrogen) atoms. The van der Waals surface area contributed by atoms with Crippen LogP contribution in [0.4, 0.5) is 0 Å². The van der Waals surface area contributed by atoms with Crippen molar-refractivity contribution in [3.63, 3.8) is 0 Å². The molecular formula is C16H24INO3. The van der Waals surface area contributed by atoms with Crippen molar-refractivity contribution < 1.29 is 14.3 Å². The van der Waals surface area contributed by atoms with E-state index in [1.165, 1.54) is 0 Å². The second kappa shape index (κ2) is 8.58. The zero-order chi connectivity index (χ0) is 16.0. The first-order chi connectivity index (χ1) is 10.1. The molecule has 2 rings (SSSR count). The fourth-order valence-corrected chi connectivity index (χ4v) is 2.65. The number of methoxy groups -OCH3 is 2. The monoisotopic (exact) mass is 405 g/mol. The SMILES string of the molecule is CI.COc1cc2c(cc1OC)C(=O)C(CN(C)C)CC2. The molecule has 0 fully saturated rings. The van der Waals surface area contributed by atoms with Crippen LogP contribution in [0, 0.1) is 5.92 Å². The number of nitrogens with zero attached hydrogens (tertiary/aromatic N) is 1. The number of halogens is 1. The fraction of sp³-hybridized carbons (Fsp3) is 0.562. The molecule has 0 N–H and O–H groups in total. The Labute approximate surface area is 140 Å². The van der Waals surface area contributed by atoms with Gasteiger partial charge in [0.05, 0.1) is 14.2 Å². The second-order valence-corrected chi connectivity index (χ2v) is 5.23. The van der Waals surface area contributed by atoms with Crippen LogP contribution in [0.3, 0.4) is 0 Å². The van der Waals surface area contributed by atoms with E-state index >= 15 is 0 Å². The standard InChI is InChI=1S/C15H21NO3.CH3I/c1-16(2)9-11-6-5-10-7-13(18-3)14(19-4)8-12(10)15(11)17;1-2/h7-8,11H,5-6,9H2,1-4H3;1H3. The first-order valence-electron chi connectivity index (χ1n) is 6.88. The molecule has 1 aromatic rings. The van der Waals surface area contributed by atoms with Crippen LogP contribution in [-0.2, 0) is 6.42 Å². The molecule has 1 unspecified atom stereocenters. The summed E-state index contributed by atoms with van der Waals surface area (Å²) in [6.45, 7) is 0.798. The van der Waals surface area contributed by atoms with Crippen LogP contribution in [-0.4, -0.2) is 50.5 Å². The fourth-order valence-electron chi connectivity index (χ4n) is 2.65. The quantitative estimate of drug-likeness (QED) is 0.570. The number of aryl methyl sites for hydroxylation is 1. The summed E-state index contributed by atoms with van der Waals surface area (Å²) in [6.07, 6.45) is 1.82. The summed E-state index contributed by atoms with van der Waals surface area (Å²) in [4.78, 5) is 16.5. The van der Waals surface area contributed by atoms with E-state index in [9.17, 15) is 4.79 Å². The molecule has 0 radical (unpaired) electrons. The summed E-state index contributed by atoms with van der Waals surface area (Å²) in [7, 11) is 7.20. The molecule has 1 aliphatic rings. The molecule has 0 aromatic heterocycles. The van der Waals surface area contributed by atoms with Gasteiger partial charge in [0.1, 0.15) is 0 Å². The minimum Gasteiger partial charge on any atom is -0.493 e. The molecule has 0 amide bonds. The van der Waals surface area contributed by atoms with E-state index in [1.54, 1.807) is 14.2 Å². The molecule has 5 heteroatoms. The van der Waals surface area contributed by atoms with Crippen molar-refractivity contribution in [1.82, 2.24) is 4.90 Å². The minimum atomic E-state index is 0.0839. The van der Waals surface area contributed by atoms with Gasteiger partial charge in [-0.3, -0.25) is 4.79 Å². The number of rotatable bonds is 4. The van der Waals surface area contributed by atoms with Gasteiger partial charge in [0.15, 0.2) is 17.3 Å². The largest absolute Gasteiger partial charge is 0.493 e. The highest BCUT2D eigenvalue weighted by atomic mass is 127. The number of benzene rings is 1. The highest BCUT2D eigenvalue weighted by molar-refractivity contribution is 14.1. The van der Waals surface area contributed by atoms with E-state index in [-0.39, 0.29) is 11.7 Å². The van der Waals surface area contributed by atoms with Crippen LogP contribution in [0.15, 0.2) is 12.1 Å². The van der Waals surface area contributed by atoms with Gasteiger partial charge in [-0.2, -0.15) is 0 Å². The van der Waals surface area contributed by atoms with Crippen molar-refractivity contribution in [1.29, 1.82) is 0 Å². The average Bonchev–Trinajstić information content (AvgIpc) is 2.50. The van der Waals surface area contributed by atoms with Gasteiger partial charge in [-0.15, -0.1) is 0 Å². The lowest BCUT2D eigenvalue weighted by atomic mass is 9.82. The van der Waals surface area contributed by atoms with Crippen LogP contribution in [0.2, 0.25) is 0 Å². The molecule has 0 heterocycles. The molecule has 1 aliphatic carbocycles. The molecule has 0 aliphatic heterocycles. The zero-order valence-electron chi connectivity index (χ0n) is 13.4. The van der Waals surface area contributed by atoms with E-state index < -0.39 is 0 Å². The summed E-state index contributed by atoms with van der Waals surface area (Å²) in [5, 5.41) is 0. The normalized spacial score (nSPS) is 16.9. The van der Waals surface area contributed by atoms with Gasteiger partial charge in [0, 0.05) is 18.0 Å². The van der Waals surface area contributed by atoms with Gasteiger partial charge in [-0.1, -0.05) is 22.6 Å². The van der Waals surface area contributed by atoms with Crippen molar-refractivity contribution >= 4 is 28.4 Å². The predicted molar refractivity (Wildman–Crippen MR) is 94.2 cm³/mol. The Hall–Kier alpha value is -0.820. The van der Waals surface area contributed by atoms with Crippen molar-refractivity contribution in [3.8, 4) is 11.5 Å². The molecule has 1 aromatic carbocycles. The van der Waals surface area contributed by atoms with E-state index in [1.807, 2.05) is 31.2 Å². The van der Waals surface area contributed by atoms with Gasteiger partial charge in [0.25, 0.3) is 0 Å². The molecular weight excluding hydrogens is 381 g/mol. The summed E-state index contributed by atoms with van der Waals surface area (Å²) < 4.78 is 10.6. The number of Topliss-reactive ketones (excluding diaryl/α,β-unsaturated/α-hetero) is 1. The third-order valence-electron chi connectivity index (χ3n) is 3.59. The summed E-state index contributed by atoms with van der Waals surface area (Å²) in [6, 6.07) is 3.75. The van der Waals surface area contributed by atoms with Crippen LogP contribution < -0.4 is 9.47 Å². The number of carbonyl (C=O) groups is 1.